The van der Waals surface area contributed by atoms with Crippen molar-refractivity contribution in [1.82, 2.24) is 9.80 Å². The van der Waals surface area contributed by atoms with Crippen molar-refractivity contribution in [2.75, 3.05) is 57.3 Å². The molecule has 0 amide bonds. The second-order valence-corrected chi connectivity index (χ2v) is 12.9. The summed E-state index contributed by atoms with van der Waals surface area (Å²) < 4.78 is 6.29. The van der Waals surface area contributed by atoms with E-state index in [1.165, 1.54) is 50.3 Å². The van der Waals surface area contributed by atoms with Crippen LogP contribution in [0.2, 0.25) is 0 Å². The molecule has 186 valence electrons. The van der Waals surface area contributed by atoms with Crippen LogP contribution in [-0.2, 0) is 10.2 Å². The molecule has 1 aromatic rings. The number of hydrogen-bond acceptors (Lipinski definition) is 4. The molecule has 0 aliphatic carbocycles. The molecule has 3 aliphatic heterocycles. The zero-order chi connectivity index (χ0) is 23.6. The first-order valence-corrected chi connectivity index (χ1v) is 13.5. The maximum absolute atomic E-state index is 6.29. The smallest absolute Gasteiger partial charge is 0.0609 e. The Bertz CT molecular complexity index is 726. The fraction of sp³-hybridized carbons (Fsp3) is 0.793. The Balaban J connectivity index is 1.09. The number of piperidine rings is 2. The van der Waals surface area contributed by atoms with Gasteiger partial charge in [0.15, 0.2) is 0 Å². The Morgan fingerprint density at radius 3 is 1.94 bits per heavy atom. The third kappa shape index (κ3) is 6.52. The number of anilines is 1. The van der Waals surface area contributed by atoms with E-state index < -0.39 is 0 Å². The summed E-state index contributed by atoms with van der Waals surface area (Å²) in [5.74, 6) is 1.88. The van der Waals surface area contributed by atoms with Crippen molar-refractivity contribution in [2.24, 2.45) is 11.8 Å². The summed E-state index contributed by atoms with van der Waals surface area (Å²) in [4.78, 5) is 7.81. The third-order valence-electron chi connectivity index (χ3n) is 8.44. The molecule has 0 saturated carbocycles. The summed E-state index contributed by atoms with van der Waals surface area (Å²) in [6, 6.07) is 9.20. The van der Waals surface area contributed by atoms with Crippen LogP contribution in [-0.4, -0.2) is 73.9 Å². The average Bonchev–Trinajstić information content (AvgIpc) is 2.75. The topological polar surface area (TPSA) is 19.0 Å². The van der Waals surface area contributed by atoms with E-state index >= 15 is 0 Å². The van der Waals surface area contributed by atoms with Crippen LogP contribution in [0, 0.1) is 11.8 Å². The highest BCUT2D eigenvalue weighted by atomic mass is 16.5. The van der Waals surface area contributed by atoms with E-state index in [0.717, 1.165) is 50.9 Å². The van der Waals surface area contributed by atoms with Gasteiger partial charge in [0.2, 0.25) is 0 Å². The Labute approximate surface area is 203 Å². The Morgan fingerprint density at radius 1 is 0.788 bits per heavy atom. The molecule has 0 unspecified atom stereocenters. The van der Waals surface area contributed by atoms with Crippen LogP contribution in [0.1, 0.15) is 72.8 Å². The van der Waals surface area contributed by atoms with E-state index in [9.17, 15) is 0 Å². The molecule has 0 N–H and O–H groups in total. The minimum absolute atomic E-state index is 0.222. The first kappa shape index (κ1) is 25.0. The zero-order valence-corrected chi connectivity index (χ0v) is 22.3. The highest BCUT2D eigenvalue weighted by molar-refractivity contribution is 5.48. The van der Waals surface area contributed by atoms with Gasteiger partial charge in [-0.2, -0.15) is 0 Å². The minimum Gasteiger partial charge on any atom is -0.377 e. The molecule has 4 rings (SSSR count). The highest BCUT2D eigenvalue weighted by Crippen LogP contribution is 2.33. The lowest BCUT2D eigenvalue weighted by Crippen LogP contribution is -2.54. The molecular formula is C29H49N3O. The van der Waals surface area contributed by atoms with E-state index in [-0.39, 0.29) is 5.41 Å². The maximum Gasteiger partial charge on any atom is 0.0609 e. The molecule has 0 bridgehead atoms. The van der Waals surface area contributed by atoms with Gasteiger partial charge < -0.3 is 14.5 Å². The van der Waals surface area contributed by atoms with Gasteiger partial charge >= 0.3 is 0 Å². The highest BCUT2D eigenvalue weighted by Gasteiger charge is 2.36. The predicted octanol–water partition coefficient (Wildman–Crippen LogP) is 5.41. The number of nitrogens with zero attached hydrogens (tertiary/aromatic N) is 3. The van der Waals surface area contributed by atoms with Crippen LogP contribution in [0.3, 0.4) is 0 Å². The summed E-state index contributed by atoms with van der Waals surface area (Å²) in [6.07, 6.45) is 5.52. The number of benzene rings is 1. The largest absolute Gasteiger partial charge is 0.377 e. The van der Waals surface area contributed by atoms with Gasteiger partial charge in [0.1, 0.15) is 0 Å². The van der Waals surface area contributed by atoms with Crippen LogP contribution in [0.4, 0.5) is 5.69 Å². The van der Waals surface area contributed by atoms with Gasteiger partial charge in [-0.25, -0.2) is 0 Å². The van der Waals surface area contributed by atoms with Gasteiger partial charge in [0, 0.05) is 44.0 Å². The SMILES string of the molecule is CC(C)(C)c1ccc(N2CCC(OCCN3CC(C4CCN(C(C)(C)C)CC4)C3)CC2)cc1. The Hall–Kier alpha value is -1.10. The van der Waals surface area contributed by atoms with Crippen molar-refractivity contribution in [3.05, 3.63) is 29.8 Å². The van der Waals surface area contributed by atoms with E-state index in [1.54, 1.807) is 0 Å². The van der Waals surface area contributed by atoms with Crippen molar-refractivity contribution in [2.45, 2.75) is 84.3 Å². The molecule has 33 heavy (non-hydrogen) atoms. The second kappa shape index (κ2) is 10.3. The Morgan fingerprint density at radius 2 is 1.39 bits per heavy atom. The molecule has 4 heteroatoms. The minimum atomic E-state index is 0.222. The van der Waals surface area contributed by atoms with Crippen molar-refractivity contribution in [3.8, 4) is 0 Å². The molecular weight excluding hydrogens is 406 g/mol. The van der Waals surface area contributed by atoms with Crippen LogP contribution in [0.5, 0.6) is 0 Å². The second-order valence-electron chi connectivity index (χ2n) is 12.9. The van der Waals surface area contributed by atoms with Crippen LogP contribution >= 0.6 is 0 Å². The molecule has 3 fully saturated rings. The lowest BCUT2D eigenvalue weighted by molar-refractivity contribution is -0.0223. The van der Waals surface area contributed by atoms with Crippen molar-refractivity contribution < 1.29 is 4.74 Å². The quantitative estimate of drug-likeness (QED) is 0.571. The molecule has 0 atom stereocenters. The number of ether oxygens (including phenoxy) is 1. The average molecular weight is 456 g/mol. The standard InChI is InChI=1S/C29H49N3O/c1-28(2,3)25-7-9-26(10-8-25)31-15-13-27(14-16-31)33-20-19-30-21-24(22-30)23-11-17-32(18-12-23)29(4,5)6/h7-10,23-24,27H,11-22H2,1-6H3. The van der Waals surface area contributed by atoms with Gasteiger partial charge in [0.05, 0.1) is 12.7 Å². The number of likely N-dealkylation sites (tertiary alicyclic amines) is 2. The van der Waals surface area contributed by atoms with Crippen LogP contribution in [0.15, 0.2) is 24.3 Å². The first-order chi connectivity index (χ1) is 15.6. The van der Waals surface area contributed by atoms with Crippen molar-refractivity contribution >= 4 is 5.69 Å². The molecule has 3 heterocycles. The molecule has 1 aromatic carbocycles. The summed E-state index contributed by atoms with van der Waals surface area (Å²) >= 11 is 0. The van der Waals surface area contributed by atoms with E-state index in [1.807, 2.05) is 0 Å². The lowest BCUT2D eigenvalue weighted by Gasteiger charge is -2.48. The fourth-order valence-corrected chi connectivity index (χ4v) is 5.93. The van der Waals surface area contributed by atoms with Crippen molar-refractivity contribution in [1.29, 1.82) is 0 Å². The summed E-state index contributed by atoms with van der Waals surface area (Å²) in [5, 5.41) is 0. The van der Waals surface area contributed by atoms with Gasteiger partial charge in [-0.05, 0) is 94.5 Å². The molecule has 0 radical (unpaired) electrons. The fourth-order valence-electron chi connectivity index (χ4n) is 5.93. The maximum atomic E-state index is 6.29. The number of rotatable bonds is 6. The zero-order valence-electron chi connectivity index (χ0n) is 22.3. The summed E-state index contributed by atoms with van der Waals surface area (Å²) in [6.45, 7) is 23.3. The third-order valence-corrected chi connectivity index (χ3v) is 8.44. The predicted molar refractivity (Wildman–Crippen MR) is 140 cm³/mol. The van der Waals surface area contributed by atoms with Crippen molar-refractivity contribution in [3.63, 3.8) is 0 Å². The molecule has 3 saturated heterocycles. The van der Waals surface area contributed by atoms with E-state index in [0.29, 0.717) is 11.6 Å². The summed E-state index contributed by atoms with van der Waals surface area (Å²) in [7, 11) is 0. The molecule has 3 aliphatic rings. The summed E-state index contributed by atoms with van der Waals surface area (Å²) in [5.41, 5.74) is 3.33. The van der Waals surface area contributed by atoms with Gasteiger partial charge in [-0.15, -0.1) is 0 Å². The molecule has 0 aromatic heterocycles. The number of hydrogen-bond donors (Lipinski definition) is 0. The normalized spacial score (nSPS) is 23.2. The first-order valence-electron chi connectivity index (χ1n) is 13.5. The van der Waals surface area contributed by atoms with Crippen LogP contribution < -0.4 is 4.90 Å². The monoisotopic (exact) mass is 455 g/mol. The van der Waals surface area contributed by atoms with Gasteiger partial charge in [-0.3, -0.25) is 4.90 Å². The van der Waals surface area contributed by atoms with E-state index in [4.69, 9.17) is 4.74 Å². The van der Waals surface area contributed by atoms with E-state index in [2.05, 4.69) is 80.5 Å². The Kier molecular flexibility index (Phi) is 7.77. The van der Waals surface area contributed by atoms with Gasteiger partial charge in [-0.1, -0.05) is 32.9 Å². The molecule has 0 spiro atoms. The lowest BCUT2D eigenvalue weighted by atomic mass is 9.79. The van der Waals surface area contributed by atoms with Gasteiger partial charge in [0.25, 0.3) is 0 Å². The molecule has 4 nitrogen and oxygen atoms in total. The van der Waals surface area contributed by atoms with Crippen LogP contribution in [0.25, 0.3) is 0 Å².